The Morgan fingerprint density at radius 3 is 2.29 bits per heavy atom. The summed E-state index contributed by atoms with van der Waals surface area (Å²) in [5.41, 5.74) is 7.27. The van der Waals surface area contributed by atoms with Crippen LogP contribution in [0.15, 0.2) is 12.1 Å². The Morgan fingerprint density at radius 2 is 1.71 bits per heavy atom. The highest BCUT2D eigenvalue weighted by Gasteiger charge is 2.13. The molecule has 0 radical (unpaired) electrons. The van der Waals surface area contributed by atoms with Gasteiger partial charge in [-0.2, -0.15) is 0 Å². The van der Waals surface area contributed by atoms with Crippen molar-refractivity contribution in [3.05, 3.63) is 27.7 Å². The number of rotatable bonds is 3. The number of benzene rings is 1. The van der Waals surface area contributed by atoms with E-state index in [-0.39, 0.29) is 0 Å². The molecule has 0 saturated heterocycles. The fourth-order valence-electron chi connectivity index (χ4n) is 2.31. The first kappa shape index (κ1) is 13.0. The molecule has 1 aromatic rings. The summed E-state index contributed by atoms with van der Waals surface area (Å²) in [5.74, 6) is 0. The van der Waals surface area contributed by atoms with Crippen molar-refractivity contribution in [2.75, 3.05) is 5.73 Å². The Labute approximate surface area is 112 Å². The zero-order valence-electron chi connectivity index (χ0n) is 9.81. The molecule has 3 N–H and O–H groups in total. The summed E-state index contributed by atoms with van der Waals surface area (Å²) in [6, 6.07) is 4.41. The van der Waals surface area contributed by atoms with Crippen molar-refractivity contribution in [2.24, 2.45) is 0 Å². The van der Waals surface area contributed by atoms with Crippen molar-refractivity contribution in [1.82, 2.24) is 5.32 Å². The summed E-state index contributed by atoms with van der Waals surface area (Å²) in [6.45, 7) is 0.810. The van der Waals surface area contributed by atoms with Crippen LogP contribution in [0.25, 0.3) is 0 Å². The van der Waals surface area contributed by atoms with Crippen molar-refractivity contribution in [1.29, 1.82) is 0 Å². The molecule has 94 valence electrons. The molecule has 2 rings (SSSR count). The van der Waals surface area contributed by atoms with Gasteiger partial charge in [-0.25, -0.2) is 0 Å². The Hall–Kier alpha value is -0.440. The summed E-state index contributed by atoms with van der Waals surface area (Å²) in [6.07, 6.45) is 6.59. The second-order valence-corrected chi connectivity index (χ2v) is 5.50. The van der Waals surface area contributed by atoms with E-state index in [2.05, 4.69) is 5.32 Å². The maximum atomic E-state index is 6.00. The Kier molecular flexibility index (Phi) is 4.55. The van der Waals surface area contributed by atoms with Crippen molar-refractivity contribution in [3.63, 3.8) is 0 Å². The molecule has 0 aliphatic heterocycles. The topological polar surface area (TPSA) is 38.0 Å². The lowest BCUT2D eigenvalue weighted by Gasteiger charge is -2.23. The van der Waals surface area contributed by atoms with Crippen molar-refractivity contribution >= 4 is 28.9 Å². The number of nitrogens with two attached hydrogens (primary N) is 1. The molecule has 0 atom stereocenters. The number of anilines is 1. The molecule has 1 aliphatic rings. The molecule has 4 heteroatoms. The molecule has 0 spiro atoms. The molecular weight excluding hydrogens is 255 g/mol. The quantitative estimate of drug-likeness (QED) is 0.817. The van der Waals surface area contributed by atoms with Crippen LogP contribution in [0.2, 0.25) is 10.0 Å². The largest absolute Gasteiger partial charge is 0.396 e. The number of nitrogens with one attached hydrogen (secondary N) is 1. The van der Waals surface area contributed by atoms with Crippen molar-refractivity contribution in [2.45, 2.75) is 44.7 Å². The minimum Gasteiger partial charge on any atom is -0.396 e. The number of hydrogen-bond donors (Lipinski definition) is 2. The molecule has 17 heavy (non-hydrogen) atoms. The van der Waals surface area contributed by atoms with E-state index in [1.807, 2.05) is 12.1 Å². The summed E-state index contributed by atoms with van der Waals surface area (Å²) in [7, 11) is 0. The summed E-state index contributed by atoms with van der Waals surface area (Å²) in [4.78, 5) is 0. The Bertz CT molecular complexity index is 364. The second-order valence-electron chi connectivity index (χ2n) is 4.69. The van der Waals surface area contributed by atoms with Gasteiger partial charge in [0.15, 0.2) is 0 Å². The zero-order chi connectivity index (χ0) is 12.3. The van der Waals surface area contributed by atoms with Gasteiger partial charge in [0.2, 0.25) is 0 Å². The molecule has 2 nitrogen and oxygen atoms in total. The lowest BCUT2D eigenvalue weighted by atomic mass is 9.95. The Balaban J connectivity index is 1.94. The number of hydrogen-bond acceptors (Lipinski definition) is 2. The van der Waals surface area contributed by atoms with Crippen molar-refractivity contribution < 1.29 is 0 Å². The van der Waals surface area contributed by atoms with Crippen LogP contribution in [0.5, 0.6) is 0 Å². The van der Waals surface area contributed by atoms with Gasteiger partial charge >= 0.3 is 0 Å². The minimum atomic E-state index is 0.467. The highest BCUT2D eigenvalue weighted by atomic mass is 35.5. The first-order chi connectivity index (χ1) is 8.16. The fourth-order valence-corrected chi connectivity index (χ4v) is 2.84. The zero-order valence-corrected chi connectivity index (χ0v) is 11.3. The third-order valence-corrected chi connectivity index (χ3v) is 3.96. The van der Waals surface area contributed by atoms with Crippen LogP contribution < -0.4 is 11.1 Å². The molecule has 0 unspecified atom stereocenters. The molecule has 1 saturated carbocycles. The maximum absolute atomic E-state index is 6.00. The van der Waals surface area contributed by atoms with Gasteiger partial charge in [0.1, 0.15) is 0 Å². The lowest BCUT2D eigenvalue weighted by molar-refractivity contribution is 0.372. The van der Waals surface area contributed by atoms with Gasteiger partial charge in [-0.1, -0.05) is 42.5 Å². The normalized spacial score (nSPS) is 17.3. The van der Waals surface area contributed by atoms with Crippen LogP contribution >= 0.6 is 23.2 Å². The molecule has 0 aromatic heterocycles. The molecule has 1 aliphatic carbocycles. The fraction of sp³-hybridized carbons (Fsp3) is 0.538. The van der Waals surface area contributed by atoms with E-state index in [1.54, 1.807) is 0 Å². The Morgan fingerprint density at radius 1 is 1.12 bits per heavy atom. The van der Waals surface area contributed by atoms with Gasteiger partial charge < -0.3 is 11.1 Å². The maximum Gasteiger partial charge on any atom is 0.0693 e. The van der Waals surface area contributed by atoms with Crippen LogP contribution in [0.1, 0.15) is 37.7 Å². The van der Waals surface area contributed by atoms with Gasteiger partial charge in [0, 0.05) is 12.6 Å². The first-order valence-corrected chi connectivity index (χ1v) is 6.89. The van der Waals surface area contributed by atoms with E-state index in [0.717, 1.165) is 12.1 Å². The van der Waals surface area contributed by atoms with Crippen LogP contribution in [0.4, 0.5) is 5.69 Å². The second kappa shape index (κ2) is 5.94. The van der Waals surface area contributed by atoms with Crippen LogP contribution in [-0.4, -0.2) is 6.04 Å². The average Bonchev–Trinajstić information content (AvgIpc) is 2.34. The van der Waals surface area contributed by atoms with E-state index in [4.69, 9.17) is 28.9 Å². The monoisotopic (exact) mass is 272 g/mol. The van der Waals surface area contributed by atoms with Crippen LogP contribution in [0.3, 0.4) is 0 Å². The smallest absolute Gasteiger partial charge is 0.0693 e. The van der Waals surface area contributed by atoms with Gasteiger partial charge in [0.05, 0.1) is 15.7 Å². The molecule has 0 heterocycles. The highest BCUT2D eigenvalue weighted by Crippen LogP contribution is 2.29. The standard InChI is InChI=1S/C13H18Cl2N2/c14-11-6-9(7-12(15)13(11)16)8-17-10-4-2-1-3-5-10/h6-7,10,17H,1-5,8,16H2. The lowest BCUT2D eigenvalue weighted by Crippen LogP contribution is -2.30. The molecule has 1 aromatic carbocycles. The van der Waals surface area contributed by atoms with E-state index in [1.165, 1.54) is 32.1 Å². The van der Waals surface area contributed by atoms with Gasteiger partial charge in [0.25, 0.3) is 0 Å². The van der Waals surface area contributed by atoms with Gasteiger partial charge in [-0.05, 0) is 30.5 Å². The van der Waals surface area contributed by atoms with E-state index < -0.39 is 0 Å². The molecule has 1 fully saturated rings. The van der Waals surface area contributed by atoms with Gasteiger partial charge in [-0.15, -0.1) is 0 Å². The molecule has 0 amide bonds. The third-order valence-electron chi connectivity index (χ3n) is 3.34. The van der Waals surface area contributed by atoms with Crippen molar-refractivity contribution in [3.8, 4) is 0 Å². The third kappa shape index (κ3) is 3.51. The summed E-state index contributed by atoms with van der Waals surface area (Å²) < 4.78 is 0. The number of halogens is 2. The van der Waals surface area contributed by atoms with E-state index >= 15 is 0 Å². The van der Waals surface area contributed by atoms with Gasteiger partial charge in [-0.3, -0.25) is 0 Å². The highest BCUT2D eigenvalue weighted by molar-refractivity contribution is 6.38. The SMILES string of the molecule is Nc1c(Cl)cc(CNC2CCCCC2)cc1Cl. The predicted octanol–water partition coefficient (Wildman–Crippen LogP) is 4.00. The van der Waals surface area contributed by atoms with Crippen LogP contribution in [-0.2, 0) is 6.54 Å². The van der Waals surface area contributed by atoms with E-state index in [9.17, 15) is 0 Å². The number of nitrogen functional groups attached to an aromatic ring is 1. The van der Waals surface area contributed by atoms with Crippen LogP contribution in [0, 0.1) is 0 Å². The summed E-state index contributed by atoms with van der Waals surface area (Å²) >= 11 is 12.0. The minimum absolute atomic E-state index is 0.467. The molecular formula is C13H18Cl2N2. The first-order valence-electron chi connectivity index (χ1n) is 6.13. The average molecular weight is 273 g/mol. The summed E-state index contributed by atoms with van der Waals surface area (Å²) in [5, 5.41) is 4.63. The predicted molar refractivity (Wildman–Crippen MR) is 74.6 cm³/mol. The van der Waals surface area contributed by atoms with E-state index in [0.29, 0.717) is 21.8 Å². The molecule has 0 bridgehead atoms.